The predicted molar refractivity (Wildman–Crippen MR) is 110 cm³/mol. The topological polar surface area (TPSA) is 86.7 Å². The molecule has 0 radical (unpaired) electrons. The first-order valence-electron chi connectivity index (χ1n) is 10.3. The number of halogens is 6. The molecule has 0 saturated carbocycles. The molecular weight excluding hydrogens is 464 g/mol. The number of alkyl halides is 6. The van der Waals surface area contributed by atoms with Crippen molar-refractivity contribution in [3.63, 3.8) is 0 Å². The Balaban J connectivity index is 0.000000215. The van der Waals surface area contributed by atoms with Crippen LogP contribution < -0.4 is 5.73 Å². The van der Waals surface area contributed by atoms with E-state index >= 15 is 0 Å². The second-order valence-electron chi connectivity index (χ2n) is 7.69. The molecule has 0 atom stereocenters. The Kier molecular flexibility index (Phi) is 7.27. The van der Waals surface area contributed by atoms with E-state index in [0.717, 1.165) is 42.1 Å². The Morgan fingerprint density at radius 3 is 2.21 bits per heavy atom. The lowest BCUT2D eigenvalue weighted by Crippen LogP contribution is -2.15. The molecule has 0 fully saturated rings. The van der Waals surface area contributed by atoms with Crippen molar-refractivity contribution < 1.29 is 31.1 Å². The summed E-state index contributed by atoms with van der Waals surface area (Å²) in [6, 6.07) is 7.05. The summed E-state index contributed by atoms with van der Waals surface area (Å²) in [4.78, 5) is 18.5. The number of rotatable bonds is 2. The maximum Gasteiger partial charge on any atom is 0.435 e. The normalized spacial score (nSPS) is 14.0. The van der Waals surface area contributed by atoms with Crippen molar-refractivity contribution in [2.24, 2.45) is 12.8 Å². The summed E-state index contributed by atoms with van der Waals surface area (Å²) >= 11 is 0. The zero-order valence-electron chi connectivity index (χ0n) is 18.0. The Hall–Kier alpha value is -3.44. The van der Waals surface area contributed by atoms with Gasteiger partial charge in [-0.2, -0.15) is 31.4 Å². The third kappa shape index (κ3) is 6.12. The van der Waals surface area contributed by atoms with E-state index in [-0.39, 0.29) is 5.69 Å². The highest BCUT2D eigenvalue weighted by molar-refractivity contribution is 5.91. The molecule has 1 aliphatic carbocycles. The molecule has 6 nitrogen and oxygen atoms in total. The quantitative estimate of drug-likeness (QED) is 0.410. The summed E-state index contributed by atoms with van der Waals surface area (Å²) < 4.78 is 75.0. The van der Waals surface area contributed by atoms with Crippen molar-refractivity contribution in [3.8, 4) is 11.3 Å². The molecule has 3 aromatic rings. The van der Waals surface area contributed by atoms with E-state index in [1.807, 2.05) is 6.07 Å². The number of aromatic nitrogens is 4. The molecule has 182 valence electrons. The number of hydrogen-bond donors (Lipinski definition) is 1. The molecule has 1 aliphatic rings. The van der Waals surface area contributed by atoms with Crippen LogP contribution in [0.5, 0.6) is 0 Å². The van der Waals surface area contributed by atoms with Crippen LogP contribution in [0.4, 0.5) is 26.3 Å². The van der Waals surface area contributed by atoms with Crippen LogP contribution in [0.25, 0.3) is 11.3 Å². The number of carbonyl (C=O) groups excluding carboxylic acids is 1. The van der Waals surface area contributed by atoms with Crippen LogP contribution in [-0.4, -0.2) is 25.7 Å². The highest BCUT2D eigenvalue weighted by Gasteiger charge is 2.35. The lowest BCUT2D eigenvalue weighted by molar-refractivity contribution is -0.142. The minimum atomic E-state index is -4.55. The van der Waals surface area contributed by atoms with Crippen LogP contribution in [0.1, 0.15) is 52.4 Å². The molecule has 0 spiro atoms. The van der Waals surface area contributed by atoms with Gasteiger partial charge in [0.2, 0.25) is 0 Å². The van der Waals surface area contributed by atoms with Gasteiger partial charge in [-0.3, -0.25) is 19.4 Å². The zero-order valence-corrected chi connectivity index (χ0v) is 18.0. The number of aryl methyl sites for hydroxylation is 3. The standard InChI is InChI=1S/C16H15F3N2.C6H6F3N3O/c17-16(18,19)15-10-12(8-9-20-15)14-7-6-11-4-2-1-3-5-13(11)21-14;1-12-3(5(10)13)2-4(11-12)6(7,8)9/h6-10H,1-5H2;2H,1H3,(H2,10,13). The summed E-state index contributed by atoms with van der Waals surface area (Å²) in [5, 5.41) is 3.09. The Morgan fingerprint density at radius 2 is 1.62 bits per heavy atom. The van der Waals surface area contributed by atoms with Crippen LogP contribution in [0.15, 0.2) is 36.5 Å². The first-order valence-corrected chi connectivity index (χ1v) is 10.3. The highest BCUT2D eigenvalue weighted by Crippen LogP contribution is 2.31. The molecule has 1 amide bonds. The fraction of sp³-hybridized carbons (Fsp3) is 0.364. The largest absolute Gasteiger partial charge is 0.435 e. The van der Waals surface area contributed by atoms with Crippen molar-refractivity contribution >= 4 is 5.91 Å². The van der Waals surface area contributed by atoms with Gasteiger partial charge < -0.3 is 5.73 Å². The van der Waals surface area contributed by atoms with E-state index in [0.29, 0.717) is 17.3 Å². The molecule has 0 unspecified atom stereocenters. The monoisotopic (exact) mass is 485 g/mol. The molecule has 0 aromatic carbocycles. The predicted octanol–water partition coefficient (Wildman–Crippen LogP) is 4.97. The molecule has 3 heterocycles. The van der Waals surface area contributed by atoms with Crippen molar-refractivity contribution in [1.82, 2.24) is 19.7 Å². The summed E-state index contributed by atoms with van der Waals surface area (Å²) in [5.41, 5.74) is 5.83. The van der Waals surface area contributed by atoms with E-state index in [9.17, 15) is 31.1 Å². The fourth-order valence-corrected chi connectivity index (χ4v) is 3.50. The third-order valence-corrected chi connectivity index (χ3v) is 5.20. The number of primary amides is 1. The number of pyridine rings is 2. The first kappa shape index (κ1) is 25.2. The van der Waals surface area contributed by atoms with Gasteiger partial charge in [-0.1, -0.05) is 12.5 Å². The Labute approximate surface area is 190 Å². The SMILES string of the molecule is Cn1nc(C(F)(F)F)cc1C(N)=O.FC(F)(F)c1cc(-c2ccc3c(n2)CCCCC3)ccn1. The van der Waals surface area contributed by atoms with E-state index in [1.54, 1.807) is 12.1 Å². The van der Waals surface area contributed by atoms with Gasteiger partial charge in [-0.25, -0.2) is 0 Å². The average molecular weight is 485 g/mol. The first-order chi connectivity index (χ1) is 15.9. The third-order valence-electron chi connectivity index (χ3n) is 5.20. The van der Waals surface area contributed by atoms with Gasteiger partial charge in [0.25, 0.3) is 5.91 Å². The number of nitrogens with zero attached hydrogens (tertiary/aromatic N) is 4. The van der Waals surface area contributed by atoms with Gasteiger partial charge in [-0.15, -0.1) is 0 Å². The summed E-state index contributed by atoms with van der Waals surface area (Å²) in [7, 11) is 1.22. The van der Waals surface area contributed by atoms with Crippen molar-refractivity contribution in [2.45, 2.75) is 44.5 Å². The smallest absolute Gasteiger partial charge is 0.364 e. The van der Waals surface area contributed by atoms with Crippen LogP contribution in [0.2, 0.25) is 0 Å². The van der Waals surface area contributed by atoms with Crippen LogP contribution in [0, 0.1) is 0 Å². The van der Waals surface area contributed by atoms with Crippen LogP contribution in [-0.2, 0) is 32.2 Å². The number of carbonyl (C=O) groups is 1. The van der Waals surface area contributed by atoms with Gasteiger partial charge in [0.1, 0.15) is 11.4 Å². The Morgan fingerprint density at radius 1 is 0.941 bits per heavy atom. The molecule has 0 bridgehead atoms. The molecule has 0 saturated heterocycles. The van der Waals surface area contributed by atoms with E-state index in [2.05, 4.69) is 15.1 Å². The van der Waals surface area contributed by atoms with Gasteiger partial charge in [0, 0.05) is 30.6 Å². The van der Waals surface area contributed by atoms with E-state index in [1.165, 1.54) is 25.2 Å². The molecule has 2 N–H and O–H groups in total. The molecule has 3 aromatic heterocycles. The Bertz CT molecular complexity index is 1170. The van der Waals surface area contributed by atoms with Crippen molar-refractivity contribution in [2.75, 3.05) is 0 Å². The second-order valence-corrected chi connectivity index (χ2v) is 7.69. The second kappa shape index (κ2) is 9.82. The van der Waals surface area contributed by atoms with Gasteiger partial charge in [0.15, 0.2) is 5.69 Å². The average Bonchev–Trinajstić information content (AvgIpc) is 3.02. The summed E-state index contributed by atoms with van der Waals surface area (Å²) in [6.07, 6.45) is -2.46. The fourth-order valence-electron chi connectivity index (χ4n) is 3.50. The molecular formula is C22H21F6N5O. The van der Waals surface area contributed by atoms with E-state index < -0.39 is 29.6 Å². The van der Waals surface area contributed by atoms with Gasteiger partial charge in [-0.05, 0) is 49.4 Å². The van der Waals surface area contributed by atoms with Crippen LogP contribution in [0.3, 0.4) is 0 Å². The maximum atomic E-state index is 12.7. The van der Waals surface area contributed by atoms with Crippen molar-refractivity contribution in [1.29, 1.82) is 0 Å². The number of hydrogen-bond acceptors (Lipinski definition) is 4. The summed E-state index contributed by atoms with van der Waals surface area (Å²) in [6.45, 7) is 0. The highest BCUT2D eigenvalue weighted by atomic mass is 19.4. The van der Waals surface area contributed by atoms with E-state index in [4.69, 9.17) is 5.73 Å². The molecule has 34 heavy (non-hydrogen) atoms. The lowest BCUT2D eigenvalue weighted by Gasteiger charge is -2.10. The number of amides is 1. The molecule has 12 heteroatoms. The number of nitrogens with two attached hydrogens (primary N) is 1. The van der Waals surface area contributed by atoms with Crippen molar-refractivity contribution in [3.05, 3.63) is 64.9 Å². The van der Waals surface area contributed by atoms with Gasteiger partial charge in [0.05, 0.1) is 5.69 Å². The summed E-state index contributed by atoms with van der Waals surface area (Å²) in [5.74, 6) is -0.939. The zero-order chi connectivity index (χ0) is 25.1. The molecule has 0 aliphatic heterocycles. The van der Waals surface area contributed by atoms with Gasteiger partial charge >= 0.3 is 12.4 Å². The molecule has 4 rings (SSSR count). The maximum absolute atomic E-state index is 12.7. The number of fused-ring (bicyclic) bond motifs is 1. The van der Waals surface area contributed by atoms with Crippen LogP contribution >= 0.6 is 0 Å². The lowest BCUT2D eigenvalue weighted by atomic mass is 10.1. The minimum absolute atomic E-state index is 0.271. The minimum Gasteiger partial charge on any atom is -0.364 e.